The van der Waals surface area contributed by atoms with E-state index in [0.29, 0.717) is 34.4 Å². The van der Waals surface area contributed by atoms with Crippen LogP contribution >= 0.6 is 0 Å². The van der Waals surface area contributed by atoms with Crippen molar-refractivity contribution in [1.29, 1.82) is 0 Å². The average molecular weight is 429 g/mol. The Morgan fingerprint density at radius 3 is 2.62 bits per heavy atom. The van der Waals surface area contributed by atoms with Crippen LogP contribution < -0.4 is 15.2 Å². The standard InChI is InChI=1S/C23H23N7O2/c1-15-21(32-17-7-8-24-20(11-17)16-12-26-29(2)14-16)6-5-19(27-15)18-13-25-23(28-22(18)31)30-9-3-4-10-30/h5-8,11-14H,3-4,9-10H2,1-2H3,(H,25,28,31). The second kappa shape index (κ2) is 8.26. The van der Waals surface area contributed by atoms with E-state index in [-0.39, 0.29) is 5.56 Å². The van der Waals surface area contributed by atoms with E-state index in [9.17, 15) is 4.79 Å². The fraction of sp³-hybridized carbons (Fsp3) is 0.261. The summed E-state index contributed by atoms with van der Waals surface area (Å²) in [6, 6.07) is 7.23. The van der Waals surface area contributed by atoms with Gasteiger partial charge in [0.2, 0.25) is 5.95 Å². The minimum Gasteiger partial charge on any atom is -0.455 e. The summed E-state index contributed by atoms with van der Waals surface area (Å²) < 4.78 is 7.78. The van der Waals surface area contributed by atoms with Crippen LogP contribution in [0.3, 0.4) is 0 Å². The zero-order chi connectivity index (χ0) is 22.1. The van der Waals surface area contributed by atoms with Crippen LogP contribution in [0.1, 0.15) is 18.5 Å². The predicted molar refractivity (Wildman–Crippen MR) is 121 cm³/mol. The van der Waals surface area contributed by atoms with E-state index in [4.69, 9.17) is 4.74 Å². The Morgan fingerprint density at radius 2 is 1.91 bits per heavy atom. The Hall–Kier alpha value is -4.01. The topological polar surface area (TPSA) is 102 Å². The number of hydrogen-bond acceptors (Lipinski definition) is 7. The highest BCUT2D eigenvalue weighted by Gasteiger charge is 2.16. The molecule has 5 rings (SSSR count). The molecule has 32 heavy (non-hydrogen) atoms. The summed E-state index contributed by atoms with van der Waals surface area (Å²) in [7, 11) is 1.86. The zero-order valence-electron chi connectivity index (χ0n) is 17.9. The number of H-pyrrole nitrogens is 1. The first-order valence-electron chi connectivity index (χ1n) is 10.5. The third kappa shape index (κ3) is 3.96. The maximum Gasteiger partial charge on any atom is 0.261 e. The number of aromatic nitrogens is 6. The lowest BCUT2D eigenvalue weighted by Crippen LogP contribution is -2.24. The highest BCUT2D eigenvalue weighted by molar-refractivity contribution is 5.60. The van der Waals surface area contributed by atoms with E-state index in [1.165, 1.54) is 0 Å². The van der Waals surface area contributed by atoms with Gasteiger partial charge >= 0.3 is 0 Å². The van der Waals surface area contributed by atoms with E-state index in [2.05, 4.69) is 29.9 Å². The Balaban J connectivity index is 1.38. The highest BCUT2D eigenvalue weighted by Crippen LogP contribution is 2.28. The molecular formula is C23H23N7O2. The smallest absolute Gasteiger partial charge is 0.261 e. The highest BCUT2D eigenvalue weighted by atomic mass is 16.5. The number of aryl methyl sites for hydroxylation is 2. The molecule has 4 aromatic heterocycles. The molecule has 0 radical (unpaired) electrons. The van der Waals surface area contributed by atoms with Crippen LogP contribution in [0.4, 0.5) is 5.95 Å². The largest absolute Gasteiger partial charge is 0.455 e. The molecular weight excluding hydrogens is 406 g/mol. The summed E-state index contributed by atoms with van der Waals surface area (Å²) in [5.41, 5.74) is 3.15. The second-order valence-corrected chi connectivity index (χ2v) is 7.81. The van der Waals surface area contributed by atoms with Gasteiger partial charge in [-0.05, 0) is 38.0 Å². The molecule has 9 nitrogen and oxygen atoms in total. The van der Waals surface area contributed by atoms with Gasteiger partial charge in [0.25, 0.3) is 5.56 Å². The minimum absolute atomic E-state index is 0.197. The van der Waals surface area contributed by atoms with Gasteiger partial charge in [0, 0.05) is 50.4 Å². The van der Waals surface area contributed by atoms with Gasteiger partial charge in [-0.3, -0.25) is 19.4 Å². The van der Waals surface area contributed by atoms with Crippen LogP contribution in [-0.2, 0) is 7.05 Å². The van der Waals surface area contributed by atoms with Crippen molar-refractivity contribution in [3.05, 3.63) is 65.1 Å². The third-order valence-electron chi connectivity index (χ3n) is 5.46. The van der Waals surface area contributed by atoms with Crippen molar-refractivity contribution in [3.63, 3.8) is 0 Å². The summed E-state index contributed by atoms with van der Waals surface area (Å²) in [4.78, 5) is 31.0. The molecule has 1 aliphatic rings. The van der Waals surface area contributed by atoms with Crippen LogP contribution in [0.15, 0.2) is 53.8 Å². The lowest BCUT2D eigenvalue weighted by atomic mass is 10.2. The molecule has 1 saturated heterocycles. The summed E-state index contributed by atoms with van der Waals surface area (Å²) >= 11 is 0. The van der Waals surface area contributed by atoms with Crippen molar-refractivity contribution in [1.82, 2.24) is 29.7 Å². The van der Waals surface area contributed by atoms with Gasteiger partial charge in [-0.25, -0.2) is 9.97 Å². The average Bonchev–Trinajstić information content (AvgIpc) is 3.48. The zero-order valence-corrected chi connectivity index (χ0v) is 17.9. The SMILES string of the molecule is Cc1nc(-c2cnc(N3CCCC3)[nH]c2=O)ccc1Oc1ccnc(-c2cnn(C)c2)c1. The molecule has 0 unspecified atom stereocenters. The number of anilines is 1. The molecule has 0 amide bonds. The van der Waals surface area contributed by atoms with Crippen LogP contribution in [-0.4, -0.2) is 42.8 Å². The van der Waals surface area contributed by atoms with Crippen molar-refractivity contribution in [2.45, 2.75) is 19.8 Å². The second-order valence-electron chi connectivity index (χ2n) is 7.81. The van der Waals surface area contributed by atoms with Crippen molar-refractivity contribution in [2.75, 3.05) is 18.0 Å². The molecule has 0 aliphatic carbocycles. The molecule has 1 aliphatic heterocycles. The maximum atomic E-state index is 12.7. The van der Waals surface area contributed by atoms with Gasteiger partial charge in [0.15, 0.2) is 0 Å². The first-order chi connectivity index (χ1) is 15.6. The molecule has 0 atom stereocenters. The minimum atomic E-state index is -0.197. The van der Waals surface area contributed by atoms with Gasteiger partial charge in [-0.15, -0.1) is 0 Å². The number of pyridine rings is 2. The monoisotopic (exact) mass is 429 g/mol. The number of nitrogens with zero attached hydrogens (tertiary/aromatic N) is 6. The first-order valence-corrected chi connectivity index (χ1v) is 10.5. The summed E-state index contributed by atoms with van der Waals surface area (Å²) in [5.74, 6) is 1.87. The van der Waals surface area contributed by atoms with Gasteiger partial charge in [-0.1, -0.05) is 0 Å². The quantitative estimate of drug-likeness (QED) is 0.519. The lowest BCUT2D eigenvalue weighted by molar-refractivity contribution is 0.475. The lowest BCUT2D eigenvalue weighted by Gasteiger charge is -2.15. The summed E-state index contributed by atoms with van der Waals surface area (Å²) in [6.45, 7) is 3.69. The predicted octanol–water partition coefficient (Wildman–Crippen LogP) is 3.33. The van der Waals surface area contributed by atoms with Gasteiger partial charge < -0.3 is 9.64 Å². The Kier molecular flexibility index (Phi) is 5.14. The Morgan fingerprint density at radius 1 is 1.06 bits per heavy atom. The van der Waals surface area contributed by atoms with Crippen molar-refractivity contribution in [3.8, 4) is 34.0 Å². The molecule has 4 aromatic rings. The first kappa shape index (κ1) is 19.9. The van der Waals surface area contributed by atoms with Crippen LogP contribution in [0.25, 0.3) is 22.5 Å². The maximum absolute atomic E-state index is 12.7. The van der Waals surface area contributed by atoms with Crippen LogP contribution in [0.5, 0.6) is 11.5 Å². The van der Waals surface area contributed by atoms with E-state index < -0.39 is 0 Å². The summed E-state index contributed by atoms with van der Waals surface area (Å²) in [6.07, 6.45) is 9.19. The molecule has 0 bridgehead atoms. The number of ether oxygens (including phenoxy) is 1. The normalized spacial score (nSPS) is 13.5. The molecule has 0 saturated carbocycles. The molecule has 0 spiro atoms. The van der Waals surface area contributed by atoms with E-state index >= 15 is 0 Å². The Labute approximate surface area is 184 Å². The van der Waals surface area contributed by atoms with E-state index in [1.54, 1.807) is 35.4 Å². The number of aromatic amines is 1. The fourth-order valence-corrected chi connectivity index (χ4v) is 3.78. The molecule has 1 fully saturated rings. The van der Waals surface area contributed by atoms with E-state index in [0.717, 1.165) is 37.2 Å². The molecule has 5 heterocycles. The summed E-state index contributed by atoms with van der Waals surface area (Å²) in [5, 5.41) is 4.18. The molecule has 9 heteroatoms. The van der Waals surface area contributed by atoms with Crippen molar-refractivity contribution in [2.24, 2.45) is 7.05 Å². The Bertz CT molecular complexity index is 1320. The van der Waals surface area contributed by atoms with Gasteiger partial charge in [0.05, 0.1) is 28.8 Å². The van der Waals surface area contributed by atoms with E-state index in [1.807, 2.05) is 32.3 Å². The number of rotatable bonds is 5. The van der Waals surface area contributed by atoms with Crippen molar-refractivity contribution >= 4 is 5.95 Å². The van der Waals surface area contributed by atoms with Crippen LogP contribution in [0.2, 0.25) is 0 Å². The van der Waals surface area contributed by atoms with Gasteiger partial charge in [-0.2, -0.15) is 5.10 Å². The van der Waals surface area contributed by atoms with Crippen molar-refractivity contribution < 1.29 is 4.74 Å². The molecule has 0 aromatic carbocycles. The number of nitrogens with one attached hydrogen (secondary N) is 1. The number of hydrogen-bond donors (Lipinski definition) is 1. The molecule has 1 N–H and O–H groups in total. The molecule has 162 valence electrons. The van der Waals surface area contributed by atoms with Gasteiger partial charge in [0.1, 0.15) is 11.5 Å². The third-order valence-corrected chi connectivity index (χ3v) is 5.46. The fourth-order valence-electron chi connectivity index (χ4n) is 3.78. The van der Waals surface area contributed by atoms with Crippen LogP contribution in [0, 0.1) is 6.92 Å².